The number of hydrogen-bond acceptors (Lipinski definition) is 2. The normalized spacial score (nSPS) is 6.17. The number of rotatable bonds is 0. The molecule has 0 aliphatic carbocycles. The van der Waals surface area contributed by atoms with Gasteiger partial charge in [0, 0.05) is 6.21 Å². The van der Waals surface area contributed by atoms with Crippen molar-refractivity contribution in [3.8, 4) is 0 Å². The van der Waals surface area contributed by atoms with E-state index < -0.39 is 0 Å². The lowest BCUT2D eigenvalue weighted by Crippen LogP contribution is -1.49. The standard InChI is InChI=1S/C2H5NO.2CH4/c1-2-3-4;;/h2,4H,1H3;2*1H4/b3-2+;;. The first-order valence-corrected chi connectivity index (χ1v) is 1.04. The molecule has 0 atom stereocenters. The van der Waals surface area contributed by atoms with Gasteiger partial charge < -0.3 is 5.21 Å². The Balaban J connectivity index is -0.0000000450. The SMILES string of the molecule is C.C.C/C=N/O. The van der Waals surface area contributed by atoms with Crippen LogP contribution in [-0.2, 0) is 0 Å². The highest BCUT2D eigenvalue weighted by atomic mass is 16.4. The quantitative estimate of drug-likeness (QED) is 0.275. The highest BCUT2D eigenvalue weighted by Gasteiger charge is 1.34. The van der Waals surface area contributed by atoms with Crippen molar-refractivity contribution in [1.29, 1.82) is 0 Å². The molecule has 0 radical (unpaired) electrons. The smallest absolute Gasteiger partial charge is 0.0404 e. The molecule has 0 aliphatic heterocycles. The Labute approximate surface area is 39.5 Å². The molecule has 0 heterocycles. The predicted molar refractivity (Wildman–Crippen MR) is 29.4 cm³/mol. The topological polar surface area (TPSA) is 32.6 Å². The van der Waals surface area contributed by atoms with Crippen LogP contribution in [0.5, 0.6) is 0 Å². The van der Waals surface area contributed by atoms with Gasteiger partial charge in [-0.25, -0.2) is 0 Å². The third kappa shape index (κ3) is 95.8. The van der Waals surface area contributed by atoms with E-state index in [0.29, 0.717) is 0 Å². The molecule has 2 nitrogen and oxygen atoms in total. The first kappa shape index (κ1) is 17.9. The summed E-state index contributed by atoms with van der Waals surface area (Å²) >= 11 is 0. The van der Waals surface area contributed by atoms with Crippen molar-refractivity contribution < 1.29 is 5.21 Å². The largest absolute Gasteiger partial charge is 0.411 e. The van der Waals surface area contributed by atoms with Gasteiger partial charge in [0.2, 0.25) is 0 Å². The Hall–Kier alpha value is -0.530. The molecular weight excluding hydrogens is 78.0 g/mol. The van der Waals surface area contributed by atoms with E-state index in [1.807, 2.05) is 0 Å². The van der Waals surface area contributed by atoms with E-state index in [9.17, 15) is 0 Å². The van der Waals surface area contributed by atoms with Crippen molar-refractivity contribution >= 4 is 6.21 Å². The lowest BCUT2D eigenvalue weighted by molar-refractivity contribution is 0.321. The van der Waals surface area contributed by atoms with Crippen LogP contribution >= 0.6 is 0 Å². The predicted octanol–water partition coefficient (Wildman–Crippen LogP) is 1.74. The minimum atomic E-state index is 0. The summed E-state index contributed by atoms with van der Waals surface area (Å²) < 4.78 is 0. The van der Waals surface area contributed by atoms with Gasteiger partial charge in [0.15, 0.2) is 0 Å². The Morgan fingerprint density at radius 1 is 1.50 bits per heavy atom. The fraction of sp³-hybridized carbons (Fsp3) is 0.750. The Kier molecular flexibility index (Phi) is 74.4. The van der Waals surface area contributed by atoms with Gasteiger partial charge in [-0.05, 0) is 6.92 Å². The summed E-state index contributed by atoms with van der Waals surface area (Å²) in [6, 6.07) is 0. The van der Waals surface area contributed by atoms with E-state index in [-0.39, 0.29) is 14.9 Å². The molecular formula is C4H13NO. The zero-order chi connectivity index (χ0) is 3.41. The molecule has 0 aliphatic rings. The molecule has 0 saturated heterocycles. The summed E-state index contributed by atoms with van der Waals surface area (Å²) in [6.45, 7) is 1.64. The van der Waals surface area contributed by atoms with Gasteiger partial charge in [0.25, 0.3) is 0 Å². The summed E-state index contributed by atoms with van der Waals surface area (Å²) in [5, 5.41) is 10.1. The highest BCUT2D eigenvalue weighted by molar-refractivity contribution is 5.51. The molecule has 0 aromatic carbocycles. The van der Waals surface area contributed by atoms with Crippen molar-refractivity contribution in [2.75, 3.05) is 0 Å². The highest BCUT2D eigenvalue weighted by Crippen LogP contribution is 1.38. The molecule has 0 aromatic rings. The molecule has 0 rings (SSSR count). The molecule has 6 heavy (non-hydrogen) atoms. The van der Waals surface area contributed by atoms with Crippen LogP contribution in [0.1, 0.15) is 21.8 Å². The second-order valence-corrected chi connectivity index (χ2v) is 0.374. The van der Waals surface area contributed by atoms with Gasteiger partial charge in [0.05, 0.1) is 0 Å². The van der Waals surface area contributed by atoms with Gasteiger partial charge in [0.1, 0.15) is 0 Å². The van der Waals surface area contributed by atoms with Gasteiger partial charge in [-0.3, -0.25) is 0 Å². The van der Waals surface area contributed by atoms with Gasteiger partial charge >= 0.3 is 0 Å². The maximum Gasteiger partial charge on any atom is 0.0404 e. The van der Waals surface area contributed by atoms with Gasteiger partial charge in [-0.2, -0.15) is 0 Å². The fourth-order valence-electron chi connectivity index (χ4n) is 0. The third-order valence-electron chi connectivity index (χ3n) is 0.115. The maximum atomic E-state index is 7.44. The Bertz CT molecular complexity index is 22.7. The molecule has 0 unspecified atom stereocenters. The summed E-state index contributed by atoms with van der Waals surface area (Å²) in [5.74, 6) is 0. The van der Waals surface area contributed by atoms with Crippen molar-refractivity contribution in [2.24, 2.45) is 5.16 Å². The first-order chi connectivity index (χ1) is 1.91. The average Bonchev–Trinajstić information content (AvgIpc) is 1.37. The maximum absolute atomic E-state index is 7.44. The van der Waals surface area contributed by atoms with E-state index in [2.05, 4.69) is 5.16 Å². The van der Waals surface area contributed by atoms with Gasteiger partial charge in [-0.15, -0.1) is 5.16 Å². The van der Waals surface area contributed by atoms with Crippen LogP contribution < -0.4 is 0 Å². The first-order valence-electron chi connectivity index (χ1n) is 1.04. The van der Waals surface area contributed by atoms with Crippen molar-refractivity contribution in [3.63, 3.8) is 0 Å². The third-order valence-corrected chi connectivity index (χ3v) is 0.115. The molecule has 0 amide bonds. The number of nitrogens with zero attached hydrogens (tertiary/aromatic N) is 1. The van der Waals surface area contributed by atoms with Crippen LogP contribution in [0.15, 0.2) is 5.16 Å². The lowest BCUT2D eigenvalue weighted by Gasteiger charge is -1.54. The van der Waals surface area contributed by atoms with Crippen LogP contribution in [-0.4, -0.2) is 11.4 Å². The van der Waals surface area contributed by atoms with E-state index in [4.69, 9.17) is 5.21 Å². The Morgan fingerprint density at radius 2 is 1.67 bits per heavy atom. The van der Waals surface area contributed by atoms with Gasteiger partial charge in [-0.1, -0.05) is 14.9 Å². The molecule has 0 saturated carbocycles. The van der Waals surface area contributed by atoms with Crippen molar-refractivity contribution in [3.05, 3.63) is 0 Å². The van der Waals surface area contributed by atoms with E-state index >= 15 is 0 Å². The average molecular weight is 91.2 g/mol. The van der Waals surface area contributed by atoms with E-state index in [1.54, 1.807) is 6.92 Å². The molecule has 0 bridgehead atoms. The second kappa shape index (κ2) is 24.9. The summed E-state index contributed by atoms with van der Waals surface area (Å²) in [5.41, 5.74) is 0. The molecule has 2 heteroatoms. The summed E-state index contributed by atoms with van der Waals surface area (Å²) in [7, 11) is 0. The zero-order valence-corrected chi connectivity index (χ0v) is 2.47. The monoisotopic (exact) mass is 91.1 g/mol. The van der Waals surface area contributed by atoms with Crippen LogP contribution in [0, 0.1) is 0 Å². The molecule has 0 spiro atoms. The molecule has 40 valence electrons. The molecule has 0 fully saturated rings. The zero-order valence-electron chi connectivity index (χ0n) is 2.47. The molecule has 1 N–H and O–H groups in total. The van der Waals surface area contributed by atoms with Crippen LogP contribution in [0.4, 0.5) is 0 Å². The van der Waals surface area contributed by atoms with Crippen LogP contribution in [0.2, 0.25) is 0 Å². The Morgan fingerprint density at radius 3 is 1.67 bits per heavy atom. The van der Waals surface area contributed by atoms with Crippen LogP contribution in [0.3, 0.4) is 0 Å². The van der Waals surface area contributed by atoms with Crippen LogP contribution in [0.25, 0.3) is 0 Å². The van der Waals surface area contributed by atoms with E-state index in [1.165, 1.54) is 6.21 Å². The van der Waals surface area contributed by atoms with Crippen molar-refractivity contribution in [2.45, 2.75) is 21.8 Å². The minimum Gasteiger partial charge on any atom is -0.411 e. The molecule has 0 aromatic heterocycles. The fourth-order valence-corrected chi connectivity index (χ4v) is 0. The summed E-state index contributed by atoms with van der Waals surface area (Å²) in [4.78, 5) is 0. The lowest BCUT2D eigenvalue weighted by atomic mass is 10.9. The number of oxime groups is 1. The van der Waals surface area contributed by atoms with E-state index in [0.717, 1.165) is 0 Å². The number of hydrogen-bond donors (Lipinski definition) is 1. The second-order valence-electron chi connectivity index (χ2n) is 0.374. The summed E-state index contributed by atoms with van der Waals surface area (Å²) in [6.07, 6.45) is 1.31. The van der Waals surface area contributed by atoms with Crippen molar-refractivity contribution in [1.82, 2.24) is 0 Å². The minimum absolute atomic E-state index is 0.